The maximum Gasteiger partial charge on any atom is 0.260 e. The minimum Gasteiger partial charge on any atom is -0.497 e. The van der Waals surface area contributed by atoms with E-state index in [0.717, 1.165) is 15.9 Å². The number of ether oxygens (including phenoxy) is 1. The van der Waals surface area contributed by atoms with Gasteiger partial charge >= 0.3 is 0 Å². The summed E-state index contributed by atoms with van der Waals surface area (Å²) in [5.41, 5.74) is 3.09. The molecule has 2 heterocycles. The van der Waals surface area contributed by atoms with Crippen molar-refractivity contribution in [3.05, 3.63) is 120 Å². The fraction of sp³-hybridized carbons (Fsp3) is 0.0714. The van der Waals surface area contributed by atoms with Gasteiger partial charge in [-0.05, 0) is 36.4 Å². The van der Waals surface area contributed by atoms with Gasteiger partial charge in [-0.25, -0.2) is 4.98 Å². The molecule has 0 spiro atoms. The van der Waals surface area contributed by atoms with Crippen molar-refractivity contribution in [2.75, 3.05) is 12.0 Å². The van der Waals surface area contributed by atoms with Crippen molar-refractivity contribution < 1.29 is 14.3 Å². The molecule has 0 fully saturated rings. The van der Waals surface area contributed by atoms with Crippen LogP contribution in [-0.2, 0) is 6.54 Å². The van der Waals surface area contributed by atoms with Gasteiger partial charge in [-0.3, -0.25) is 19.5 Å². The van der Waals surface area contributed by atoms with E-state index < -0.39 is 0 Å². The van der Waals surface area contributed by atoms with Crippen molar-refractivity contribution in [3.8, 4) is 5.75 Å². The Kier molecular flexibility index (Phi) is 6.32. The van der Waals surface area contributed by atoms with Gasteiger partial charge in [-0.1, -0.05) is 59.9 Å². The van der Waals surface area contributed by atoms with Crippen LogP contribution in [0, 0.1) is 0 Å². The van der Waals surface area contributed by atoms with Crippen LogP contribution >= 0.6 is 11.3 Å². The molecule has 6 nitrogen and oxygen atoms in total. The summed E-state index contributed by atoms with van der Waals surface area (Å²) in [5.74, 6) is 0.395. The largest absolute Gasteiger partial charge is 0.497 e. The number of methoxy groups -OCH3 is 1. The highest BCUT2D eigenvalue weighted by molar-refractivity contribution is 7.22. The zero-order chi connectivity index (χ0) is 24.2. The Morgan fingerprint density at radius 3 is 2.29 bits per heavy atom. The first-order valence-corrected chi connectivity index (χ1v) is 11.8. The molecule has 0 aliphatic heterocycles. The standard InChI is InChI=1S/C28H21N3O3S/c1-34-23-14-15-25-24(17-23)30-28(35-25)31(18-22-9-5-6-16-29-22)27(33)21-12-10-20(11-13-21)26(32)19-7-3-2-4-8-19/h2-17H,18H2,1H3. The smallest absolute Gasteiger partial charge is 0.260 e. The normalized spacial score (nSPS) is 10.8. The van der Waals surface area contributed by atoms with E-state index in [1.807, 2.05) is 54.6 Å². The lowest BCUT2D eigenvalue weighted by Gasteiger charge is -2.19. The molecule has 0 bridgehead atoms. The Labute approximate surface area is 206 Å². The van der Waals surface area contributed by atoms with E-state index in [1.165, 1.54) is 11.3 Å². The molecule has 0 aliphatic carbocycles. The van der Waals surface area contributed by atoms with Gasteiger partial charge in [0.15, 0.2) is 10.9 Å². The molecule has 35 heavy (non-hydrogen) atoms. The Balaban J connectivity index is 1.48. The number of amides is 1. The van der Waals surface area contributed by atoms with E-state index in [1.54, 1.807) is 54.6 Å². The Morgan fingerprint density at radius 1 is 0.857 bits per heavy atom. The molecular formula is C28H21N3O3S. The third-order valence-corrected chi connectivity index (χ3v) is 6.60. The van der Waals surface area contributed by atoms with E-state index in [2.05, 4.69) is 4.98 Å². The highest BCUT2D eigenvalue weighted by atomic mass is 32.1. The highest BCUT2D eigenvalue weighted by Crippen LogP contribution is 2.32. The van der Waals surface area contributed by atoms with Gasteiger partial charge in [-0.15, -0.1) is 0 Å². The lowest BCUT2D eigenvalue weighted by Crippen LogP contribution is -2.30. The molecule has 7 heteroatoms. The first kappa shape index (κ1) is 22.4. The van der Waals surface area contributed by atoms with Crippen LogP contribution in [0.15, 0.2) is 97.2 Å². The lowest BCUT2D eigenvalue weighted by molar-refractivity contribution is 0.0982. The van der Waals surface area contributed by atoms with E-state index in [-0.39, 0.29) is 18.2 Å². The Hall–Kier alpha value is -4.36. The number of aromatic nitrogens is 2. The lowest BCUT2D eigenvalue weighted by atomic mass is 10.0. The number of ketones is 1. The molecule has 5 aromatic rings. The van der Waals surface area contributed by atoms with E-state index in [4.69, 9.17) is 9.72 Å². The summed E-state index contributed by atoms with van der Waals surface area (Å²) in [6.07, 6.45) is 1.70. The van der Waals surface area contributed by atoms with E-state index in [9.17, 15) is 9.59 Å². The molecular weight excluding hydrogens is 458 g/mol. The number of anilines is 1. The van der Waals surface area contributed by atoms with Crippen molar-refractivity contribution in [1.29, 1.82) is 0 Å². The first-order valence-electron chi connectivity index (χ1n) is 11.0. The fourth-order valence-corrected chi connectivity index (χ4v) is 4.64. The van der Waals surface area contributed by atoms with Crippen molar-refractivity contribution in [2.24, 2.45) is 0 Å². The summed E-state index contributed by atoms with van der Waals surface area (Å²) >= 11 is 1.43. The quantitative estimate of drug-likeness (QED) is 0.277. The first-order chi connectivity index (χ1) is 17.1. The molecule has 172 valence electrons. The van der Waals surface area contributed by atoms with Gasteiger partial charge in [0.25, 0.3) is 5.91 Å². The number of fused-ring (bicyclic) bond motifs is 1. The number of hydrogen-bond acceptors (Lipinski definition) is 6. The molecule has 0 saturated carbocycles. The molecule has 0 radical (unpaired) electrons. The second kappa shape index (κ2) is 9.87. The molecule has 2 aromatic heterocycles. The molecule has 0 aliphatic rings. The average Bonchev–Trinajstić information content (AvgIpc) is 3.35. The maximum absolute atomic E-state index is 13.7. The predicted molar refractivity (Wildman–Crippen MR) is 137 cm³/mol. The maximum atomic E-state index is 13.7. The number of thiazole rings is 1. The third-order valence-electron chi connectivity index (χ3n) is 5.54. The number of pyridine rings is 1. The molecule has 0 saturated heterocycles. The minimum atomic E-state index is -0.222. The Morgan fingerprint density at radius 2 is 1.57 bits per heavy atom. The summed E-state index contributed by atoms with van der Waals surface area (Å²) in [6, 6.07) is 27.1. The van der Waals surface area contributed by atoms with Gasteiger partial charge in [0.1, 0.15) is 5.75 Å². The van der Waals surface area contributed by atoms with Gasteiger partial charge in [-0.2, -0.15) is 0 Å². The van der Waals surface area contributed by atoms with Crippen molar-refractivity contribution in [2.45, 2.75) is 6.54 Å². The number of rotatable bonds is 7. The summed E-state index contributed by atoms with van der Waals surface area (Å²) < 4.78 is 6.26. The van der Waals surface area contributed by atoms with Crippen LogP contribution in [0.5, 0.6) is 5.75 Å². The number of hydrogen-bond donors (Lipinski definition) is 0. The van der Waals surface area contributed by atoms with Crippen LogP contribution in [0.25, 0.3) is 10.2 Å². The predicted octanol–water partition coefficient (Wildman–Crippen LogP) is 5.78. The van der Waals surface area contributed by atoms with E-state index >= 15 is 0 Å². The van der Waals surface area contributed by atoms with Crippen molar-refractivity contribution in [3.63, 3.8) is 0 Å². The zero-order valence-corrected chi connectivity index (χ0v) is 19.7. The van der Waals surface area contributed by atoms with Crippen LogP contribution < -0.4 is 9.64 Å². The number of carbonyl (C=O) groups is 2. The molecule has 0 N–H and O–H groups in total. The van der Waals surface area contributed by atoms with Crippen LogP contribution in [0.1, 0.15) is 32.0 Å². The molecule has 0 unspecified atom stereocenters. The zero-order valence-electron chi connectivity index (χ0n) is 18.9. The minimum absolute atomic E-state index is 0.0879. The second-order valence-electron chi connectivity index (χ2n) is 7.81. The molecule has 5 rings (SSSR count). The third kappa shape index (κ3) is 4.81. The van der Waals surface area contributed by atoms with Crippen LogP contribution in [0.4, 0.5) is 5.13 Å². The number of nitrogens with zero attached hydrogens (tertiary/aromatic N) is 3. The molecule has 3 aromatic carbocycles. The summed E-state index contributed by atoms with van der Waals surface area (Å²) in [6.45, 7) is 0.265. The number of carbonyl (C=O) groups excluding carboxylic acids is 2. The topological polar surface area (TPSA) is 72.4 Å². The fourth-order valence-electron chi connectivity index (χ4n) is 3.69. The van der Waals surface area contributed by atoms with Gasteiger partial charge in [0.05, 0.1) is 29.6 Å². The van der Waals surface area contributed by atoms with Crippen molar-refractivity contribution >= 4 is 38.4 Å². The highest BCUT2D eigenvalue weighted by Gasteiger charge is 2.23. The van der Waals surface area contributed by atoms with E-state index in [0.29, 0.717) is 27.6 Å². The van der Waals surface area contributed by atoms with Crippen molar-refractivity contribution in [1.82, 2.24) is 9.97 Å². The van der Waals surface area contributed by atoms with Gasteiger partial charge in [0, 0.05) is 29.0 Å². The summed E-state index contributed by atoms with van der Waals surface area (Å²) in [7, 11) is 1.61. The molecule has 0 atom stereocenters. The SMILES string of the molecule is COc1ccc2sc(N(Cc3ccccn3)C(=O)c3ccc(C(=O)c4ccccc4)cc3)nc2c1. The number of benzene rings is 3. The second-order valence-corrected chi connectivity index (χ2v) is 8.82. The summed E-state index contributed by atoms with van der Waals surface area (Å²) in [4.78, 5) is 37.1. The molecule has 1 amide bonds. The van der Waals surface area contributed by atoms with Gasteiger partial charge in [0.2, 0.25) is 0 Å². The van der Waals surface area contributed by atoms with Crippen LogP contribution in [-0.4, -0.2) is 28.8 Å². The Bertz CT molecular complexity index is 1480. The summed E-state index contributed by atoms with van der Waals surface area (Å²) in [5, 5.41) is 0.563. The van der Waals surface area contributed by atoms with Crippen LogP contribution in [0.3, 0.4) is 0 Å². The average molecular weight is 480 g/mol. The van der Waals surface area contributed by atoms with Crippen LogP contribution in [0.2, 0.25) is 0 Å². The van der Waals surface area contributed by atoms with Gasteiger partial charge < -0.3 is 4.74 Å². The monoisotopic (exact) mass is 479 g/mol.